The zero-order chi connectivity index (χ0) is 12.6. The highest BCUT2D eigenvalue weighted by Gasteiger charge is 2.34. The quantitative estimate of drug-likeness (QED) is 0.618. The van der Waals surface area contributed by atoms with Crippen LogP contribution in [0.4, 0.5) is 0 Å². The molecule has 96 valence electrons. The number of hydrogen-bond donors (Lipinski definition) is 1. The third-order valence-corrected chi connectivity index (χ3v) is 3.37. The van der Waals surface area contributed by atoms with Gasteiger partial charge in [0, 0.05) is 13.2 Å². The Balaban J connectivity index is 3.90. The van der Waals surface area contributed by atoms with E-state index in [1.165, 1.54) is 0 Å². The first-order valence-electron chi connectivity index (χ1n) is 6.29. The molecule has 0 atom stereocenters. The molecule has 0 aromatic heterocycles. The smallest absolute Gasteiger partial charge is 0.309 e. The van der Waals surface area contributed by atoms with Crippen LogP contribution in [0, 0.1) is 11.3 Å². The molecule has 0 bridgehead atoms. The number of carbonyl (C=O) groups is 1. The van der Waals surface area contributed by atoms with Crippen molar-refractivity contribution in [3.05, 3.63) is 0 Å². The van der Waals surface area contributed by atoms with Crippen molar-refractivity contribution in [2.75, 3.05) is 13.2 Å². The number of hydrogen-bond acceptors (Lipinski definition) is 2. The lowest BCUT2D eigenvalue weighted by atomic mass is 9.79. The third-order valence-electron chi connectivity index (χ3n) is 3.37. The van der Waals surface area contributed by atoms with Crippen LogP contribution in [0.25, 0.3) is 0 Å². The predicted octanol–water partition coefficient (Wildman–Crippen LogP) is 3.33. The molecule has 0 unspecified atom stereocenters. The van der Waals surface area contributed by atoms with Crippen molar-refractivity contribution >= 4 is 5.97 Å². The third kappa shape index (κ3) is 4.97. The molecule has 0 rings (SSSR count). The maximum atomic E-state index is 11.2. The van der Waals surface area contributed by atoms with E-state index in [-0.39, 0.29) is 0 Å². The maximum absolute atomic E-state index is 11.2. The number of rotatable bonds is 9. The Bertz CT molecular complexity index is 195. The lowest BCUT2D eigenvalue weighted by Crippen LogP contribution is -2.31. The van der Waals surface area contributed by atoms with Crippen molar-refractivity contribution in [3.8, 4) is 0 Å². The molecule has 0 spiro atoms. The molecule has 0 aliphatic rings. The predicted molar refractivity (Wildman–Crippen MR) is 65.5 cm³/mol. The van der Waals surface area contributed by atoms with Gasteiger partial charge in [0.25, 0.3) is 0 Å². The topological polar surface area (TPSA) is 46.5 Å². The van der Waals surface area contributed by atoms with Gasteiger partial charge in [0.1, 0.15) is 0 Å². The molecule has 0 aliphatic carbocycles. The van der Waals surface area contributed by atoms with Crippen molar-refractivity contribution in [1.82, 2.24) is 0 Å². The van der Waals surface area contributed by atoms with Gasteiger partial charge in [0.2, 0.25) is 0 Å². The Labute approximate surface area is 99.2 Å². The molecule has 0 saturated heterocycles. The second kappa shape index (κ2) is 7.66. The van der Waals surface area contributed by atoms with E-state index < -0.39 is 11.4 Å². The van der Waals surface area contributed by atoms with Crippen molar-refractivity contribution in [2.24, 2.45) is 11.3 Å². The Hall–Kier alpha value is -0.570. The second-order valence-corrected chi connectivity index (χ2v) is 4.84. The first kappa shape index (κ1) is 15.4. The molecule has 3 nitrogen and oxygen atoms in total. The molecule has 1 N–H and O–H groups in total. The van der Waals surface area contributed by atoms with Crippen LogP contribution in [0.1, 0.15) is 53.4 Å². The molecule has 0 amide bonds. The van der Waals surface area contributed by atoms with E-state index >= 15 is 0 Å². The van der Waals surface area contributed by atoms with Gasteiger partial charge in [-0.15, -0.1) is 0 Å². The minimum absolute atomic E-state index is 0.556. The Morgan fingerprint density at radius 3 is 2.19 bits per heavy atom. The highest BCUT2D eigenvalue weighted by molar-refractivity contribution is 5.74. The molecule has 16 heavy (non-hydrogen) atoms. The van der Waals surface area contributed by atoms with Crippen LogP contribution in [0.2, 0.25) is 0 Å². The zero-order valence-corrected chi connectivity index (χ0v) is 11.1. The summed E-state index contributed by atoms with van der Waals surface area (Å²) in [6.45, 7) is 9.48. The average molecular weight is 230 g/mol. The van der Waals surface area contributed by atoms with Gasteiger partial charge in [0.05, 0.1) is 5.41 Å². The van der Waals surface area contributed by atoms with Crippen molar-refractivity contribution in [2.45, 2.75) is 53.4 Å². The fourth-order valence-corrected chi connectivity index (χ4v) is 1.70. The molecular weight excluding hydrogens is 204 g/mol. The first-order valence-corrected chi connectivity index (χ1v) is 6.29. The first-order chi connectivity index (χ1) is 7.48. The minimum atomic E-state index is -0.690. The summed E-state index contributed by atoms with van der Waals surface area (Å²) >= 11 is 0. The minimum Gasteiger partial charge on any atom is -0.481 e. The van der Waals surface area contributed by atoms with E-state index in [1.807, 2.05) is 13.8 Å². The molecule has 0 heterocycles. The highest BCUT2D eigenvalue weighted by Crippen LogP contribution is 2.30. The van der Waals surface area contributed by atoms with Gasteiger partial charge in [-0.1, -0.05) is 27.7 Å². The summed E-state index contributed by atoms with van der Waals surface area (Å²) in [5.41, 5.74) is -0.585. The summed E-state index contributed by atoms with van der Waals surface area (Å²) in [5, 5.41) is 9.21. The summed E-state index contributed by atoms with van der Waals surface area (Å²) < 4.78 is 5.49. The standard InChI is InChI=1S/C13H26O3/c1-5-13(6-2,12(14)15)8-10-16-9-7-11(3)4/h11H,5-10H2,1-4H3,(H,14,15). The average Bonchev–Trinajstić information content (AvgIpc) is 2.23. The molecule has 0 aromatic rings. The Kier molecular flexibility index (Phi) is 7.39. The largest absolute Gasteiger partial charge is 0.481 e. The molecular formula is C13H26O3. The van der Waals surface area contributed by atoms with E-state index in [1.54, 1.807) is 0 Å². The molecule has 0 aliphatic heterocycles. The van der Waals surface area contributed by atoms with Crippen LogP contribution in [0.3, 0.4) is 0 Å². The second-order valence-electron chi connectivity index (χ2n) is 4.84. The van der Waals surface area contributed by atoms with Gasteiger partial charge in [-0.25, -0.2) is 0 Å². The highest BCUT2D eigenvalue weighted by atomic mass is 16.5. The van der Waals surface area contributed by atoms with Gasteiger partial charge >= 0.3 is 5.97 Å². The van der Waals surface area contributed by atoms with E-state index in [9.17, 15) is 9.90 Å². The molecule has 0 radical (unpaired) electrons. The van der Waals surface area contributed by atoms with E-state index in [0.29, 0.717) is 31.8 Å². The lowest BCUT2D eigenvalue weighted by Gasteiger charge is -2.26. The van der Waals surface area contributed by atoms with Crippen LogP contribution in [-0.2, 0) is 9.53 Å². The fourth-order valence-electron chi connectivity index (χ4n) is 1.70. The molecule has 0 aromatic carbocycles. The number of carboxylic acids is 1. The molecule has 3 heteroatoms. The van der Waals surface area contributed by atoms with Crippen molar-refractivity contribution in [1.29, 1.82) is 0 Å². The number of carboxylic acid groups (broad SMARTS) is 1. The van der Waals surface area contributed by atoms with Crippen LogP contribution < -0.4 is 0 Å². The summed E-state index contributed by atoms with van der Waals surface area (Å²) in [5.74, 6) is -0.0495. The van der Waals surface area contributed by atoms with Crippen LogP contribution in [0.5, 0.6) is 0 Å². The van der Waals surface area contributed by atoms with Gasteiger partial charge in [-0.3, -0.25) is 4.79 Å². The summed E-state index contributed by atoms with van der Waals surface area (Å²) in [4.78, 5) is 11.2. The normalized spacial score (nSPS) is 12.1. The Morgan fingerprint density at radius 2 is 1.81 bits per heavy atom. The van der Waals surface area contributed by atoms with Crippen molar-refractivity contribution in [3.63, 3.8) is 0 Å². The monoisotopic (exact) mass is 230 g/mol. The summed E-state index contributed by atoms with van der Waals surface area (Å²) in [6.07, 6.45) is 3.00. The van der Waals surface area contributed by atoms with Crippen LogP contribution in [0.15, 0.2) is 0 Å². The van der Waals surface area contributed by atoms with Gasteiger partial charge in [-0.05, 0) is 31.6 Å². The van der Waals surface area contributed by atoms with Gasteiger partial charge < -0.3 is 9.84 Å². The van der Waals surface area contributed by atoms with E-state index in [2.05, 4.69) is 13.8 Å². The van der Waals surface area contributed by atoms with Crippen molar-refractivity contribution < 1.29 is 14.6 Å². The Morgan fingerprint density at radius 1 is 1.25 bits per heavy atom. The van der Waals surface area contributed by atoms with Crippen LogP contribution in [-0.4, -0.2) is 24.3 Å². The van der Waals surface area contributed by atoms with Gasteiger partial charge in [-0.2, -0.15) is 0 Å². The summed E-state index contributed by atoms with van der Waals surface area (Å²) in [6, 6.07) is 0. The SMILES string of the molecule is CCC(CC)(CCOCCC(C)C)C(=O)O. The summed E-state index contributed by atoms with van der Waals surface area (Å²) in [7, 11) is 0. The van der Waals surface area contributed by atoms with Crippen LogP contribution >= 0.6 is 0 Å². The zero-order valence-electron chi connectivity index (χ0n) is 11.1. The maximum Gasteiger partial charge on any atom is 0.309 e. The fraction of sp³-hybridized carbons (Fsp3) is 0.923. The van der Waals surface area contributed by atoms with Gasteiger partial charge in [0.15, 0.2) is 0 Å². The van der Waals surface area contributed by atoms with E-state index in [0.717, 1.165) is 13.0 Å². The van der Waals surface area contributed by atoms with E-state index in [4.69, 9.17) is 4.74 Å². The number of aliphatic carboxylic acids is 1. The molecule has 0 fully saturated rings. The molecule has 0 saturated carbocycles. The number of ether oxygens (including phenoxy) is 1. The lowest BCUT2D eigenvalue weighted by molar-refractivity contribution is -0.150.